The summed E-state index contributed by atoms with van der Waals surface area (Å²) in [5.74, 6) is -1.14. The number of hydrogen-bond acceptors (Lipinski definition) is 6. The number of ether oxygens (including phenoxy) is 2. The van der Waals surface area contributed by atoms with E-state index in [1.807, 2.05) is 44.2 Å². The van der Waals surface area contributed by atoms with Gasteiger partial charge in [-0.1, -0.05) is 50.6 Å². The van der Waals surface area contributed by atoms with Crippen molar-refractivity contribution in [2.45, 2.75) is 45.4 Å². The average Bonchev–Trinajstić information content (AvgIpc) is 2.68. The number of esters is 1. The summed E-state index contributed by atoms with van der Waals surface area (Å²) in [5, 5.41) is 14.9. The summed E-state index contributed by atoms with van der Waals surface area (Å²) in [4.78, 5) is 35.4. The smallest absolute Gasteiger partial charge is 0.407 e. The van der Waals surface area contributed by atoms with Crippen LogP contribution >= 0.6 is 0 Å². The van der Waals surface area contributed by atoms with Crippen molar-refractivity contribution < 1.29 is 29.0 Å². The number of hydrogen-bond donors (Lipinski definition) is 3. The van der Waals surface area contributed by atoms with Crippen LogP contribution < -0.4 is 10.6 Å². The number of nitrogens with one attached hydrogen (secondary N) is 2. The van der Waals surface area contributed by atoms with Gasteiger partial charge in [0.05, 0.1) is 19.6 Å². The third-order valence-corrected chi connectivity index (χ3v) is 4.10. The normalized spacial score (nSPS) is 13.8. The molecule has 0 heterocycles. The number of benzene rings is 1. The molecular weight excluding hydrogens is 352 g/mol. The maximum absolute atomic E-state index is 12.0. The van der Waals surface area contributed by atoms with Gasteiger partial charge in [0.1, 0.15) is 12.6 Å². The number of aliphatic hydroxyl groups excluding tert-OH is 1. The van der Waals surface area contributed by atoms with E-state index in [0.717, 1.165) is 5.56 Å². The molecule has 0 bridgehead atoms. The molecule has 1 aromatic carbocycles. The lowest BCUT2D eigenvalue weighted by atomic mass is 9.99. The highest BCUT2D eigenvalue weighted by atomic mass is 16.5. The molecule has 0 aromatic heterocycles. The predicted molar refractivity (Wildman–Crippen MR) is 98.7 cm³/mol. The SMILES string of the molecule is CC[C@@H](C)[C@H](NC(=O)C[C@@H](O)CNC(=O)OCc1ccccc1)C(=O)OC. The molecule has 0 aliphatic rings. The summed E-state index contributed by atoms with van der Waals surface area (Å²) in [7, 11) is 1.25. The van der Waals surface area contributed by atoms with Crippen LogP contribution in [0.2, 0.25) is 0 Å². The van der Waals surface area contributed by atoms with Crippen molar-refractivity contribution in [1.82, 2.24) is 10.6 Å². The minimum Gasteiger partial charge on any atom is -0.467 e. The van der Waals surface area contributed by atoms with Crippen molar-refractivity contribution in [2.24, 2.45) is 5.92 Å². The molecule has 1 aromatic rings. The summed E-state index contributed by atoms with van der Waals surface area (Å²) >= 11 is 0. The topological polar surface area (TPSA) is 114 Å². The first kappa shape index (κ1) is 22.4. The average molecular weight is 380 g/mol. The lowest BCUT2D eigenvalue weighted by molar-refractivity contribution is -0.146. The summed E-state index contributed by atoms with van der Waals surface area (Å²) in [6.45, 7) is 3.68. The van der Waals surface area contributed by atoms with Crippen LogP contribution in [-0.4, -0.2) is 48.9 Å². The van der Waals surface area contributed by atoms with Crippen LogP contribution in [0.3, 0.4) is 0 Å². The Kier molecular flexibility index (Phi) is 9.89. The van der Waals surface area contributed by atoms with Gasteiger partial charge in [0.15, 0.2) is 0 Å². The standard InChI is InChI=1S/C19H28N2O6/c1-4-13(2)17(18(24)26-3)21-16(23)10-15(22)11-20-19(25)27-12-14-8-6-5-7-9-14/h5-9,13,15,17,22H,4,10-12H2,1-3H3,(H,20,25)(H,21,23)/t13-,15-,17+/m1/s1. The molecule has 3 atom stereocenters. The van der Waals surface area contributed by atoms with Gasteiger partial charge in [-0.05, 0) is 11.5 Å². The van der Waals surface area contributed by atoms with E-state index in [0.29, 0.717) is 6.42 Å². The lowest BCUT2D eigenvalue weighted by Gasteiger charge is -2.22. The van der Waals surface area contributed by atoms with Gasteiger partial charge in [-0.2, -0.15) is 0 Å². The van der Waals surface area contributed by atoms with Crippen molar-refractivity contribution in [1.29, 1.82) is 0 Å². The van der Waals surface area contributed by atoms with Crippen LogP contribution in [0.5, 0.6) is 0 Å². The van der Waals surface area contributed by atoms with Gasteiger partial charge in [0.2, 0.25) is 5.91 Å². The van der Waals surface area contributed by atoms with Gasteiger partial charge in [-0.25, -0.2) is 9.59 Å². The van der Waals surface area contributed by atoms with Crippen molar-refractivity contribution in [3.05, 3.63) is 35.9 Å². The van der Waals surface area contributed by atoms with Gasteiger partial charge in [-0.15, -0.1) is 0 Å². The van der Waals surface area contributed by atoms with Crippen molar-refractivity contribution in [3.63, 3.8) is 0 Å². The second kappa shape index (κ2) is 11.9. The van der Waals surface area contributed by atoms with E-state index in [1.54, 1.807) is 0 Å². The highest BCUT2D eigenvalue weighted by Gasteiger charge is 2.27. The largest absolute Gasteiger partial charge is 0.467 e. The van der Waals surface area contributed by atoms with E-state index in [4.69, 9.17) is 9.47 Å². The zero-order valence-electron chi connectivity index (χ0n) is 15.9. The lowest BCUT2D eigenvalue weighted by Crippen LogP contribution is -2.47. The number of carbonyl (C=O) groups is 3. The van der Waals surface area contributed by atoms with Crippen LogP contribution in [0, 0.1) is 5.92 Å². The molecule has 2 amide bonds. The quantitative estimate of drug-likeness (QED) is 0.528. The second-order valence-corrected chi connectivity index (χ2v) is 6.25. The maximum Gasteiger partial charge on any atom is 0.407 e. The monoisotopic (exact) mass is 380 g/mol. The fourth-order valence-corrected chi connectivity index (χ4v) is 2.29. The van der Waals surface area contributed by atoms with Crippen LogP contribution in [0.1, 0.15) is 32.3 Å². The third kappa shape index (κ3) is 8.54. The summed E-state index contributed by atoms with van der Waals surface area (Å²) in [6.07, 6.45) is -1.38. The summed E-state index contributed by atoms with van der Waals surface area (Å²) < 4.78 is 9.71. The van der Waals surface area contributed by atoms with E-state index in [-0.39, 0.29) is 25.5 Å². The Balaban J connectivity index is 2.35. The highest BCUT2D eigenvalue weighted by Crippen LogP contribution is 2.09. The Morgan fingerprint density at radius 1 is 1.19 bits per heavy atom. The molecule has 0 saturated heterocycles. The Hall–Kier alpha value is -2.61. The van der Waals surface area contributed by atoms with Crippen LogP contribution in [0.4, 0.5) is 4.79 Å². The number of methoxy groups -OCH3 is 1. The van der Waals surface area contributed by atoms with Crippen molar-refractivity contribution in [3.8, 4) is 0 Å². The molecule has 0 fully saturated rings. The van der Waals surface area contributed by atoms with E-state index in [9.17, 15) is 19.5 Å². The van der Waals surface area contributed by atoms with Crippen molar-refractivity contribution >= 4 is 18.0 Å². The molecule has 150 valence electrons. The van der Waals surface area contributed by atoms with Gasteiger partial charge in [0, 0.05) is 6.54 Å². The molecule has 3 N–H and O–H groups in total. The molecule has 0 aliphatic carbocycles. The Labute approximate surface area is 159 Å². The van der Waals surface area contributed by atoms with E-state index >= 15 is 0 Å². The maximum atomic E-state index is 12.0. The molecule has 0 spiro atoms. The van der Waals surface area contributed by atoms with E-state index < -0.39 is 30.1 Å². The van der Waals surface area contributed by atoms with Crippen LogP contribution in [0.15, 0.2) is 30.3 Å². The number of amides is 2. The summed E-state index contributed by atoms with van der Waals surface area (Å²) in [5.41, 5.74) is 0.839. The first-order valence-corrected chi connectivity index (χ1v) is 8.87. The molecule has 8 nitrogen and oxygen atoms in total. The fourth-order valence-electron chi connectivity index (χ4n) is 2.29. The Bertz CT molecular complexity index is 607. The van der Waals surface area contributed by atoms with Gasteiger partial charge >= 0.3 is 12.1 Å². The minimum absolute atomic E-state index is 0.107. The van der Waals surface area contributed by atoms with Gasteiger partial charge < -0.3 is 25.2 Å². The van der Waals surface area contributed by atoms with Crippen molar-refractivity contribution in [2.75, 3.05) is 13.7 Å². The summed E-state index contributed by atoms with van der Waals surface area (Å²) in [6, 6.07) is 8.39. The number of rotatable bonds is 10. The minimum atomic E-state index is -1.11. The zero-order valence-corrected chi connectivity index (χ0v) is 15.9. The number of aliphatic hydroxyl groups is 1. The van der Waals surface area contributed by atoms with E-state index in [2.05, 4.69) is 10.6 Å². The fraction of sp³-hybridized carbons (Fsp3) is 0.526. The first-order chi connectivity index (χ1) is 12.9. The predicted octanol–water partition coefficient (Wildman–Crippen LogP) is 1.37. The van der Waals surface area contributed by atoms with Crippen LogP contribution in [0.25, 0.3) is 0 Å². The zero-order chi connectivity index (χ0) is 20.2. The molecule has 0 aliphatic heterocycles. The second-order valence-electron chi connectivity index (χ2n) is 6.25. The molecule has 0 unspecified atom stereocenters. The van der Waals surface area contributed by atoms with Gasteiger partial charge in [0.25, 0.3) is 0 Å². The molecule has 0 saturated carbocycles. The molecule has 27 heavy (non-hydrogen) atoms. The first-order valence-electron chi connectivity index (χ1n) is 8.87. The third-order valence-electron chi connectivity index (χ3n) is 4.10. The Morgan fingerprint density at radius 2 is 1.85 bits per heavy atom. The number of alkyl carbamates (subject to hydrolysis) is 1. The molecule has 1 rings (SSSR count). The highest BCUT2D eigenvalue weighted by molar-refractivity contribution is 5.84. The number of carbonyl (C=O) groups excluding carboxylic acids is 3. The molecular formula is C19H28N2O6. The van der Waals surface area contributed by atoms with E-state index in [1.165, 1.54) is 7.11 Å². The Morgan fingerprint density at radius 3 is 2.44 bits per heavy atom. The molecule has 8 heteroatoms. The van der Waals surface area contributed by atoms with Crippen LogP contribution in [-0.2, 0) is 25.7 Å². The molecule has 0 radical (unpaired) electrons. The van der Waals surface area contributed by atoms with Gasteiger partial charge in [-0.3, -0.25) is 4.79 Å².